The number of hydrogen-bond acceptors (Lipinski definition) is 3. The summed E-state index contributed by atoms with van der Waals surface area (Å²) in [4.78, 5) is 30.2. The first kappa shape index (κ1) is 17.7. The van der Waals surface area contributed by atoms with Crippen molar-refractivity contribution in [1.82, 2.24) is 15.3 Å². The molecule has 5 nitrogen and oxygen atoms in total. The number of carbonyl (C=O) groups is 1. The molecule has 128 valence electrons. The van der Waals surface area contributed by atoms with Crippen LogP contribution in [0.1, 0.15) is 47.3 Å². The van der Waals surface area contributed by atoms with Gasteiger partial charge in [0.05, 0.1) is 11.6 Å². The summed E-state index contributed by atoms with van der Waals surface area (Å²) in [5.74, 6) is -0.182. The zero-order chi connectivity index (χ0) is 17.9. The summed E-state index contributed by atoms with van der Waals surface area (Å²) >= 11 is 0. The summed E-state index contributed by atoms with van der Waals surface area (Å²) in [6.07, 6.45) is -3.94. The smallest absolute Gasteiger partial charge is 0.344 e. The topological polar surface area (TPSA) is 74.8 Å². The Balaban J connectivity index is 2.14. The molecule has 0 radical (unpaired) electrons. The number of nitrogens with zero attached hydrogens (tertiary/aromatic N) is 1. The van der Waals surface area contributed by atoms with E-state index in [2.05, 4.69) is 15.3 Å². The maximum atomic E-state index is 12.6. The molecular formula is C16H16F3N3O2. The van der Waals surface area contributed by atoms with E-state index in [1.807, 2.05) is 0 Å². The van der Waals surface area contributed by atoms with Crippen molar-refractivity contribution in [2.75, 3.05) is 0 Å². The number of carbonyl (C=O) groups excluding carboxylic acids is 1. The molecule has 2 N–H and O–H groups in total. The fraction of sp³-hybridized carbons (Fsp3) is 0.312. The number of hydrogen-bond donors (Lipinski definition) is 2. The number of alkyl halides is 3. The predicted molar refractivity (Wildman–Crippen MR) is 81.6 cm³/mol. The van der Waals surface area contributed by atoms with Gasteiger partial charge in [0.1, 0.15) is 11.5 Å². The third-order valence-electron chi connectivity index (χ3n) is 3.44. The second-order valence-corrected chi connectivity index (χ2v) is 5.25. The van der Waals surface area contributed by atoms with Crippen molar-refractivity contribution in [3.05, 3.63) is 63.3 Å². The number of H-pyrrole nitrogens is 1. The Labute approximate surface area is 135 Å². The number of aromatic amines is 1. The van der Waals surface area contributed by atoms with E-state index in [0.29, 0.717) is 17.8 Å². The normalized spacial score (nSPS) is 12.7. The molecule has 0 aliphatic rings. The third-order valence-corrected chi connectivity index (χ3v) is 3.44. The molecular weight excluding hydrogens is 323 g/mol. The largest absolute Gasteiger partial charge is 0.416 e. The van der Waals surface area contributed by atoms with Crippen LogP contribution in [0.5, 0.6) is 0 Å². The quantitative estimate of drug-likeness (QED) is 0.899. The molecule has 0 saturated carbocycles. The third kappa shape index (κ3) is 4.21. The Morgan fingerprint density at radius 1 is 1.29 bits per heavy atom. The average molecular weight is 339 g/mol. The molecule has 24 heavy (non-hydrogen) atoms. The van der Waals surface area contributed by atoms with Gasteiger partial charge in [0.15, 0.2) is 0 Å². The van der Waals surface area contributed by atoms with Crippen LogP contribution >= 0.6 is 0 Å². The number of amides is 1. The van der Waals surface area contributed by atoms with Crippen LogP contribution in [-0.4, -0.2) is 15.9 Å². The molecule has 2 rings (SSSR count). The van der Waals surface area contributed by atoms with Crippen molar-refractivity contribution < 1.29 is 18.0 Å². The zero-order valence-corrected chi connectivity index (χ0v) is 13.1. The van der Waals surface area contributed by atoms with E-state index in [4.69, 9.17) is 0 Å². The minimum Gasteiger partial charge on any atom is -0.344 e. The Bertz CT molecular complexity index is 782. The number of rotatable bonds is 4. The molecule has 1 atom stereocenters. The molecule has 1 heterocycles. The van der Waals surface area contributed by atoms with E-state index in [0.717, 1.165) is 18.2 Å². The van der Waals surface area contributed by atoms with Crippen molar-refractivity contribution >= 4 is 5.91 Å². The molecule has 0 aliphatic carbocycles. The van der Waals surface area contributed by atoms with Gasteiger partial charge in [0.2, 0.25) is 0 Å². The number of benzene rings is 1. The fourth-order valence-electron chi connectivity index (χ4n) is 2.11. The second-order valence-electron chi connectivity index (χ2n) is 5.25. The summed E-state index contributed by atoms with van der Waals surface area (Å²) in [5, 5.41) is 2.61. The van der Waals surface area contributed by atoms with Gasteiger partial charge in [0, 0.05) is 12.5 Å². The molecule has 0 saturated heterocycles. The highest BCUT2D eigenvalue weighted by atomic mass is 19.4. The van der Waals surface area contributed by atoms with Gasteiger partial charge in [-0.3, -0.25) is 9.59 Å². The van der Waals surface area contributed by atoms with Crippen LogP contribution in [0.3, 0.4) is 0 Å². The number of nitrogens with one attached hydrogen (secondary N) is 2. The first-order chi connectivity index (χ1) is 11.2. The van der Waals surface area contributed by atoms with Gasteiger partial charge in [-0.25, -0.2) is 4.98 Å². The molecule has 1 amide bonds. The first-order valence-corrected chi connectivity index (χ1v) is 7.29. The molecule has 8 heteroatoms. The summed E-state index contributed by atoms with van der Waals surface area (Å²) in [6, 6.07) is 5.06. The molecule has 0 bridgehead atoms. The minimum atomic E-state index is -4.41. The Morgan fingerprint density at radius 3 is 2.46 bits per heavy atom. The van der Waals surface area contributed by atoms with E-state index < -0.39 is 29.2 Å². The second kappa shape index (κ2) is 6.86. The van der Waals surface area contributed by atoms with Crippen LogP contribution in [0.25, 0.3) is 0 Å². The molecule has 0 aliphatic heterocycles. The van der Waals surface area contributed by atoms with Crippen LogP contribution in [0.2, 0.25) is 0 Å². The summed E-state index contributed by atoms with van der Waals surface area (Å²) < 4.78 is 37.7. The van der Waals surface area contributed by atoms with Crippen LogP contribution in [0, 0.1) is 0 Å². The van der Waals surface area contributed by atoms with Crippen molar-refractivity contribution in [3.8, 4) is 0 Å². The zero-order valence-electron chi connectivity index (χ0n) is 13.1. The Kier molecular flexibility index (Phi) is 5.06. The molecule has 2 aromatic rings. The summed E-state index contributed by atoms with van der Waals surface area (Å²) in [5.41, 5.74) is -0.714. The Hall–Kier alpha value is -2.64. The van der Waals surface area contributed by atoms with Crippen LogP contribution in [0.15, 0.2) is 35.1 Å². The van der Waals surface area contributed by atoms with Crippen molar-refractivity contribution in [3.63, 3.8) is 0 Å². The maximum absolute atomic E-state index is 12.6. The van der Waals surface area contributed by atoms with Gasteiger partial charge in [-0.1, -0.05) is 19.1 Å². The SMILES string of the molecule is CCc1nc(C(=O)N[C@H](C)c2ccc(C(F)(F)F)cc2)cc(=O)[nH]1. The minimum absolute atomic E-state index is 0.0330. The van der Waals surface area contributed by atoms with E-state index >= 15 is 0 Å². The van der Waals surface area contributed by atoms with E-state index in [1.54, 1.807) is 13.8 Å². The highest BCUT2D eigenvalue weighted by Crippen LogP contribution is 2.29. The van der Waals surface area contributed by atoms with Gasteiger partial charge >= 0.3 is 6.18 Å². The summed E-state index contributed by atoms with van der Waals surface area (Å²) in [7, 11) is 0. The lowest BCUT2D eigenvalue weighted by atomic mass is 10.1. The standard InChI is InChI=1S/C16H16F3N3O2/c1-3-13-21-12(8-14(23)22-13)15(24)20-9(2)10-4-6-11(7-5-10)16(17,18)19/h4-9H,3H2,1-2H3,(H,20,24)(H,21,22,23)/t9-/m1/s1. The maximum Gasteiger partial charge on any atom is 0.416 e. The van der Waals surface area contributed by atoms with Crippen molar-refractivity contribution in [2.24, 2.45) is 0 Å². The summed E-state index contributed by atoms with van der Waals surface area (Å²) in [6.45, 7) is 3.42. The van der Waals surface area contributed by atoms with Crippen molar-refractivity contribution in [1.29, 1.82) is 0 Å². The van der Waals surface area contributed by atoms with Crippen molar-refractivity contribution in [2.45, 2.75) is 32.5 Å². The van der Waals surface area contributed by atoms with Crippen LogP contribution in [-0.2, 0) is 12.6 Å². The molecule has 0 unspecified atom stereocenters. The lowest BCUT2D eigenvalue weighted by Gasteiger charge is -2.15. The molecule has 0 fully saturated rings. The number of aromatic nitrogens is 2. The van der Waals surface area contributed by atoms with Crippen LogP contribution in [0.4, 0.5) is 13.2 Å². The van der Waals surface area contributed by atoms with Gasteiger partial charge < -0.3 is 10.3 Å². The van der Waals surface area contributed by atoms with Gasteiger partial charge in [-0.05, 0) is 24.6 Å². The lowest BCUT2D eigenvalue weighted by Crippen LogP contribution is -2.29. The monoisotopic (exact) mass is 339 g/mol. The first-order valence-electron chi connectivity index (χ1n) is 7.29. The van der Waals surface area contributed by atoms with E-state index in [-0.39, 0.29) is 5.69 Å². The average Bonchev–Trinajstić information content (AvgIpc) is 2.53. The molecule has 0 spiro atoms. The van der Waals surface area contributed by atoms with E-state index in [1.165, 1.54) is 12.1 Å². The number of aryl methyl sites for hydroxylation is 1. The molecule has 1 aromatic carbocycles. The van der Waals surface area contributed by atoms with Gasteiger partial charge in [0.25, 0.3) is 11.5 Å². The van der Waals surface area contributed by atoms with Gasteiger partial charge in [-0.2, -0.15) is 13.2 Å². The van der Waals surface area contributed by atoms with E-state index in [9.17, 15) is 22.8 Å². The lowest BCUT2D eigenvalue weighted by molar-refractivity contribution is -0.137. The Morgan fingerprint density at radius 2 is 1.92 bits per heavy atom. The number of halogens is 3. The highest BCUT2D eigenvalue weighted by molar-refractivity contribution is 5.92. The van der Waals surface area contributed by atoms with Gasteiger partial charge in [-0.15, -0.1) is 0 Å². The highest BCUT2D eigenvalue weighted by Gasteiger charge is 2.30. The molecule has 1 aromatic heterocycles. The van der Waals surface area contributed by atoms with Crippen LogP contribution < -0.4 is 10.9 Å². The predicted octanol–water partition coefficient (Wildman–Crippen LogP) is 2.84. The fourth-order valence-corrected chi connectivity index (χ4v) is 2.11.